The van der Waals surface area contributed by atoms with Crippen LogP contribution in [0.4, 0.5) is 11.5 Å². The molecule has 2 aromatic carbocycles. The predicted molar refractivity (Wildman–Crippen MR) is 132 cm³/mol. The minimum Gasteiger partial charge on any atom is -0.506 e. The second kappa shape index (κ2) is 10.1. The Hall–Kier alpha value is -3.62. The number of aromatic hydroxyl groups is 1. The number of pyridine rings is 1. The topological polar surface area (TPSA) is 118 Å². The second-order valence-electron chi connectivity index (χ2n) is 7.74. The third-order valence-corrected chi connectivity index (χ3v) is 5.82. The largest absolute Gasteiger partial charge is 0.506 e. The van der Waals surface area contributed by atoms with Gasteiger partial charge in [0.25, 0.3) is 11.8 Å². The van der Waals surface area contributed by atoms with Crippen molar-refractivity contribution in [3.63, 3.8) is 0 Å². The quantitative estimate of drug-likeness (QED) is 0.224. The van der Waals surface area contributed by atoms with Crippen LogP contribution in [0.15, 0.2) is 54.7 Å². The van der Waals surface area contributed by atoms with Crippen molar-refractivity contribution in [2.45, 2.75) is 12.8 Å². The number of anilines is 2. The molecule has 1 aliphatic rings. The van der Waals surface area contributed by atoms with Crippen LogP contribution < -0.4 is 10.6 Å². The molecule has 1 aliphatic heterocycles. The van der Waals surface area contributed by atoms with Gasteiger partial charge in [-0.3, -0.25) is 15.0 Å². The standard InChI is InChI=1S/C24H21Cl2N5O3/c25-16-7-8-20(28-13-16)29-24(34)18-11-17(26)12-19(32)21(18)30-23(33)15-5-3-14(4-6-15)22(27)31-9-1-2-10-31/h3-8,11-13,27,32H,1-2,9-10H2,(H,30,33)(H,28,29,34). The number of phenolic OH excluding ortho intramolecular Hbond substituents is 1. The highest BCUT2D eigenvalue weighted by Crippen LogP contribution is 2.32. The Labute approximate surface area is 206 Å². The number of phenols is 1. The first kappa shape index (κ1) is 23.5. The van der Waals surface area contributed by atoms with E-state index in [-0.39, 0.29) is 27.8 Å². The summed E-state index contributed by atoms with van der Waals surface area (Å²) in [6.07, 6.45) is 3.51. The molecular weight excluding hydrogens is 477 g/mol. The summed E-state index contributed by atoms with van der Waals surface area (Å²) in [6.45, 7) is 1.71. The number of nitrogens with zero attached hydrogens (tertiary/aromatic N) is 2. The maximum Gasteiger partial charge on any atom is 0.259 e. The third-order valence-electron chi connectivity index (χ3n) is 5.38. The van der Waals surface area contributed by atoms with E-state index in [0.29, 0.717) is 22.0 Å². The number of benzene rings is 2. The van der Waals surface area contributed by atoms with E-state index in [2.05, 4.69) is 15.6 Å². The van der Waals surface area contributed by atoms with Crippen LogP contribution in [0.5, 0.6) is 5.75 Å². The van der Waals surface area contributed by atoms with Gasteiger partial charge in [-0.2, -0.15) is 0 Å². The van der Waals surface area contributed by atoms with E-state index in [0.717, 1.165) is 25.9 Å². The summed E-state index contributed by atoms with van der Waals surface area (Å²) < 4.78 is 0. The molecule has 1 saturated heterocycles. The number of nitrogens with one attached hydrogen (secondary N) is 3. The van der Waals surface area contributed by atoms with Gasteiger partial charge in [0.2, 0.25) is 0 Å². The molecule has 0 atom stereocenters. The molecule has 2 heterocycles. The Bertz CT molecular complexity index is 1240. The van der Waals surface area contributed by atoms with Gasteiger partial charge in [0, 0.05) is 41.5 Å². The fourth-order valence-electron chi connectivity index (χ4n) is 3.62. The number of amidine groups is 1. The van der Waals surface area contributed by atoms with Gasteiger partial charge in [-0.25, -0.2) is 4.98 Å². The van der Waals surface area contributed by atoms with E-state index in [1.807, 2.05) is 4.90 Å². The van der Waals surface area contributed by atoms with E-state index in [4.69, 9.17) is 28.6 Å². The Balaban J connectivity index is 1.53. The number of carbonyl (C=O) groups is 2. The summed E-state index contributed by atoms with van der Waals surface area (Å²) in [5.74, 6) is -0.855. The SMILES string of the molecule is N=C(c1ccc(C(=O)Nc2c(O)cc(Cl)cc2C(=O)Nc2ccc(Cl)cn2)cc1)N1CCCC1. The van der Waals surface area contributed by atoms with E-state index >= 15 is 0 Å². The van der Waals surface area contributed by atoms with E-state index in [9.17, 15) is 14.7 Å². The molecule has 0 unspecified atom stereocenters. The van der Waals surface area contributed by atoms with Gasteiger partial charge in [0.05, 0.1) is 16.3 Å². The Morgan fingerprint density at radius 1 is 0.912 bits per heavy atom. The Kier molecular flexibility index (Phi) is 7.00. The lowest BCUT2D eigenvalue weighted by Gasteiger charge is -2.18. The van der Waals surface area contributed by atoms with Crippen molar-refractivity contribution in [3.8, 4) is 5.75 Å². The zero-order valence-corrected chi connectivity index (χ0v) is 19.5. The minimum absolute atomic E-state index is 0.0393. The van der Waals surface area contributed by atoms with Crippen LogP contribution >= 0.6 is 23.2 Å². The van der Waals surface area contributed by atoms with Gasteiger partial charge >= 0.3 is 0 Å². The van der Waals surface area contributed by atoms with Gasteiger partial charge in [-0.05, 0) is 43.2 Å². The zero-order chi connectivity index (χ0) is 24.2. The van der Waals surface area contributed by atoms with E-state index in [1.54, 1.807) is 30.3 Å². The lowest BCUT2D eigenvalue weighted by atomic mass is 10.1. The maximum atomic E-state index is 12.9. The molecule has 34 heavy (non-hydrogen) atoms. The summed E-state index contributed by atoms with van der Waals surface area (Å²) in [7, 11) is 0. The monoisotopic (exact) mass is 497 g/mol. The molecule has 4 rings (SSSR count). The van der Waals surface area contributed by atoms with E-state index in [1.165, 1.54) is 24.4 Å². The lowest BCUT2D eigenvalue weighted by Crippen LogP contribution is -2.27. The fraction of sp³-hybridized carbons (Fsp3) is 0.167. The molecule has 0 bridgehead atoms. The van der Waals surface area contributed by atoms with Gasteiger partial charge in [-0.15, -0.1) is 0 Å². The minimum atomic E-state index is -0.627. The third kappa shape index (κ3) is 5.30. The van der Waals surface area contributed by atoms with Crippen LogP contribution in [-0.2, 0) is 0 Å². The van der Waals surface area contributed by atoms with Gasteiger partial charge in [0.15, 0.2) is 0 Å². The summed E-state index contributed by atoms with van der Waals surface area (Å²) in [6, 6.07) is 12.3. The number of hydrogen-bond donors (Lipinski definition) is 4. The molecule has 174 valence electrons. The van der Waals surface area contributed by atoms with E-state index < -0.39 is 11.8 Å². The smallest absolute Gasteiger partial charge is 0.259 e. The van der Waals surface area contributed by atoms with Crippen molar-refractivity contribution >= 4 is 52.4 Å². The van der Waals surface area contributed by atoms with Crippen LogP contribution in [0, 0.1) is 5.41 Å². The molecule has 4 N–H and O–H groups in total. The van der Waals surface area contributed by atoms with Crippen LogP contribution in [0.3, 0.4) is 0 Å². The highest BCUT2D eigenvalue weighted by Gasteiger charge is 2.21. The highest BCUT2D eigenvalue weighted by molar-refractivity contribution is 6.32. The summed E-state index contributed by atoms with van der Waals surface area (Å²) >= 11 is 11.9. The number of likely N-dealkylation sites (tertiary alicyclic amines) is 1. The molecule has 1 fully saturated rings. The summed E-state index contributed by atoms with van der Waals surface area (Å²) in [4.78, 5) is 31.7. The highest BCUT2D eigenvalue weighted by atomic mass is 35.5. The van der Waals surface area contributed by atoms with Crippen molar-refractivity contribution in [1.82, 2.24) is 9.88 Å². The van der Waals surface area contributed by atoms with Gasteiger partial charge < -0.3 is 20.6 Å². The molecule has 8 nitrogen and oxygen atoms in total. The lowest BCUT2D eigenvalue weighted by molar-refractivity contribution is 0.102. The maximum absolute atomic E-state index is 12.9. The first-order valence-electron chi connectivity index (χ1n) is 10.5. The molecule has 2 amide bonds. The number of aromatic nitrogens is 1. The molecule has 0 radical (unpaired) electrons. The molecular formula is C24H21Cl2N5O3. The predicted octanol–water partition coefficient (Wildman–Crippen LogP) is 5.02. The van der Waals surface area contributed by atoms with Crippen molar-refractivity contribution in [1.29, 1.82) is 5.41 Å². The molecule has 0 saturated carbocycles. The normalized spacial score (nSPS) is 12.9. The molecule has 3 aromatic rings. The molecule has 10 heteroatoms. The Morgan fingerprint density at radius 2 is 1.59 bits per heavy atom. The number of halogens is 2. The molecule has 0 aliphatic carbocycles. The number of rotatable bonds is 5. The summed E-state index contributed by atoms with van der Waals surface area (Å²) in [5.41, 5.74) is 0.888. The second-order valence-corrected chi connectivity index (χ2v) is 8.61. The first-order valence-corrected chi connectivity index (χ1v) is 11.3. The number of hydrogen-bond acceptors (Lipinski definition) is 5. The van der Waals surface area contributed by atoms with Crippen molar-refractivity contribution < 1.29 is 14.7 Å². The Morgan fingerprint density at radius 3 is 2.24 bits per heavy atom. The number of amides is 2. The van der Waals surface area contributed by atoms with Crippen molar-refractivity contribution in [2.75, 3.05) is 23.7 Å². The number of carbonyl (C=O) groups excluding carboxylic acids is 2. The van der Waals surface area contributed by atoms with Crippen molar-refractivity contribution in [3.05, 3.63) is 81.5 Å². The fourth-order valence-corrected chi connectivity index (χ4v) is 3.95. The zero-order valence-electron chi connectivity index (χ0n) is 17.9. The van der Waals surface area contributed by atoms with Crippen LogP contribution in [-0.4, -0.2) is 45.7 Å². The van der Waals surface area contributed by atoms with Crippen LogP contribution in [0.25, 0.3) is 0 Å². The van der Waals surface area contributed by atoms with Gasteiger partial charge in [-0.1, -0.05) is 35.3 Å². The van der Waals surface area contributed by atoms with Crippen molar-refractivity contribution in [2.24, 2.45) is 0 Å². The first-order chi connectivity index (χ1) is 16.3. The van der Waals surface area contributed by atoms with Crippen LogP contribution in [0.2, 0.25) is 10.0 Å². The summed E-state index contributed by atoms with van der Waals surface area (Å²) in [5, 5.41) is 24.4. The molecule has 0 spiro atoms. The average molecular weight is 498 g/mol. The van der Waals surface area contributed by atoms with Crippen LogP contribution in [0.1, 0.15) is 39.1 Å². The molecule has 1 aromatic heterocycles. The van der Waals surface area contributed by atoms with Gasteiger partial charge in [0.1, 0.15) is 17.4 Å². The average Bonchev–Trinajstić information content (AvgIpc) is 3.36.